The van der Waals surface area contributed by atoms with Gasteiger partial charge in [0.25, 0.3) is 0 Å². The van der Waals surface area contributed by atoms with Crippen LogP contribution in [0.2, 0.25) is 0 Å². The van der Waals surface area contributed by atoms with Crippen molar-refractivity contribution in [2.45, 2.75) is 19.9 Å². The molecular formula is C5H5Br2Cl3O2. The van der Waals surface area contributed by atoms with E-state index in [4.69, 9.17) is 39.9 Å². The van der Waals surface area contributed by atoms with Crippen molar-refractivity contribution >= 4 is 72.6 Å². The van der Waals surface area contributed by atoms with Gasteiger partial charge in [-0.15, -0.1) is 0 Å². The number of carboxylic acids is 1. The molecule has 0 radical (unpaired) electrons. The Morgan fingerprint density at radius 3 is 1.92 bits per heavy atom. The monoisotopic (exact) mass is 360 g/mol. The van der Waals surface area contributed by atoms with Crippen molar-refractivity contribution in [1.29, 1.82) is 0 Å². The molecule has 0 saturated carbocycles. The second kappa shape index (κ2) is 4.69. The molecule has 2 nitrogen and oxygen atoms in total. The summed E-state index contributed by atoms with van der Waals surface area (Å²) in [6.07, 6.45) is 0.333. The van der Waals surface area contributed by atoms with Gasteiger partial charge in [0.1, 0.15) is 0 Å². The molecule has 0 aromatic heterocycles. The molecule has 0 aromatic rings. The molecule has 0 unspecified atom stereocenters. The Labute approximate surface area is 102 Å². The number of alkyl halides is 5. The number of halogens is 5. The number of hydrogen-bond donors (Lipinski definition) is 1. The second-order valence-corrected chi connectivity index (χ2v) is 8.41. The molecule has 0 rings (SSSR count). The van der Waals surface area contributed by atoms with E-state index in [1.54, 1.807) is 0 Å². The van der Waals surface area contributed by atoms with Crippen LogP contribution in [0.1, 0.15) is 12.8 Å². The fourth-order valence-corrected chi connectivity index (χ4v) is 1.09. The Morgan fingerprint density at radius 1 is 1.25 bits per heavy atom. The summed E-state index contributed by atoms with van der Waals surface area (Å²) in [5.41, 5.74) is 0. The molecule has 7 heteroatoms. The van der Waals surface area contributed by atoms with E-state index in [9.17, 15) is 4.79 Å². The van der Waals surface area contributed by atoms with Gasteiger partial charge in [-0.1, -0.05) is 66.7 Å². The van der Waals surface area contributed by atoms with Crippen LogP contribution in [0.3, 0.4) is 0 Å². The first kappa shape index (κ1) is 13.3. The first-order chi connectivity index (χ1) is 5.15. The van der Waals surface area contributed by atoms with E-state index in [2.05, 4.69) is 31.9 Å². The summed E-state index contributed by atoms with van der Waals surface area (Å²) in [6, 6.07) is 0. The lowest BCUT2D eigenvalue weighted by atomic mass is 10.2. The zero-order chi connectivity index (χ0) is 9.99. The minimum absolute atomic E-state index is 0.153. The molecule has 0 aliphatic rings. The minimum atomic E-state index is -1.41. The molecule has 0 atom stereocenters. The minimum Gasteiger partial charge on any atom is -0.480 e. The number of aliphatic carboxylic acids is 1. The van der Waals surface area contributed by atoms with Crippen LogP contribution in [0.5, 0.6) is 0 Å². The van der Waals surface area contributed by atoms with Gasteiger partial charge in [0, 0.05) is 0 Å². The van der Waals surface area contributed by atoms with Gasteiger partial charge >= 0.3 is 5.97 Å². The van der Waals surface area contributed by atoms with Crippen LogP contribution in [0, 0.1) is 0 Å². The average Bonchev–Trinajstić information content (AvgIpc) is 1.82. The topological polar surface area (TPSA) is 37.3 Å². The summed E-state index contributed by atoms with van der Waals surface area (Å²) in [6.45, 7) is 0. The SMILES string of the molecule is O=C(O)C(Br)(Br)CCC(Cl)(Cl)Cl. The predicted molar refractivity (Wildman–Crippen MR) is 57.7 cm³/mol. The molecule has 0 aliphatic carbocycles. The molecule has 0 amide bonds. The average molecular weight is 363 g/mol. The maximum absolute atomic E-state index is 10.5. The van der Waals surface area contributed by atoms with Crippen LogP contribution in [0.4, 0.5) is 0 Å². The molecular weight excluding hydrogens is 358 g/mol. The molecule has 0 fully saturated rings. The van der Waals surface area contributed by atoms with Gasteiger partial charge in [0.15, 0.2) is 7.03 Å². The van der Waals surface area contributed by atoms with Crippen molar-refractivity contribution in [2.75, 3.05) is 0 Å². The van der Waals surface area contributed by atoms with Crippen LogP contribution < -0.4 is 0 Å². The van der Waals surface area contributed by atoms with Crippen LogP contribution >= 0.6 is 66.7 Å². The number of rotatable bonds is 3. The van der Waals surface area contributed by atoms with Gasteiger partial charge in [0.05, 0.1) is 0 Å². The highest BCUT2D eigenvalue weighted by molar-refractivity contribution is 9.25. The number of carboxylic acid groups (broad SMARTS) is 1. The quantitative estimate of drug-likeness (QED) is 0.777. The normalized spacial score (nSPS) is 13.1. The van der Waals surface area contributed by atoms with Gasteiger partial charge in [-0.25, -0.2) is 4.79 Å². The summed E-state index contributed by atoms with van der Waals surface area (Å²) in [5, 5.41) is 8.62. The van der Waals surface area contributed by atoms with Crippen molar-refractivity contribution in [3.05, 3.63) is 0 Å². The predicted octanol–water partition coefficient (Wildman–Crippen LogP) is 3.71. The second-order valence-electron chi connectivity index (χ2n) is 2.12. The standard InChI is InChI=1S/C5H5Br2Cl3O2/c6-4(7,3(11)12)1-2-5(8,9)10/h1-2H2,(H,11,12). The molecule has 72 valence electrons. The summed E-state index contributed by atoms with van der Waals surface area (Å²) in [5.74, 6) is -1.04. The van der Waals surface area contributed by atoms with Gasteiger partial charge < -0.3 is 5.11 Å². The highest BCUT2D eigenvalue weighted by atomic mass is 79.9. The van der Waals surface area contributed by atoms with Crippen molar-refractivity contribution in [1.82, 2.24) is 0 Å². The molecule has 0 heterocycles. The molecule has 0 saturated heterocycles. The van der Waals surface area contributed by atoms with E-state index in [0.29, 0.717) is 0 Å². The van der Waals surface area contributed by atoms with Crippen molar-refractivity contribution in [3.63, 3.8) is 0 Å². The summed E-state index contributed by atoms with van der Waals surface area (Å²) >= 11 is 22.2. The lowest BCUT2D eigenvalue weighted by Gasteiger charge is -2.17. The van der Waals surface area contributed by atoms with E-state index in [-0.39, 0.29) is 12.8 Å². The highest BCUT2D eigenvalue weighted by Crippen LogP contribution is 2.39. The van der Waals surface area contributed by atoms with E-state index >= 15 is 0 Å². The molecule has 0 bridgehead atoms. The Morgan fingerprint density at radius 2 is 1.67 bits per heavy atom. The molecule has 0 spiro atoms. The van der Waals surface area contributed by atoms with Crippen molar-refractivity contribution in [2.24, 2.45) is 0 Å². The van der Waals surface area contributed by atoms with Crippen LogP contribution in [-0.4, -0.2) is 18.1 Å². The molecule has 0 aromatic carbocycles. The smallest absolute Gasteiger partial charge is 0.331 e. The van der Waals surface area contributed by atoms with Crippen LogP contribution in [0.15, 0.2) is 0 Å². The Bertz CT molecular complexity index is 178. The third-order valence-corrected chi connectivity index (χ3v) is 3.07. The van der Waals surface area contributed by atoms with Crippen molar-refractivity contribution < 1.29 is 9.90 Å². The molecule has 0 aliphatic heterocycles. The van der Waals surface area contributed by atoms with E-state index in [1.165, 1.54) is 0 Å². The summed E-state index contributed by atoms with van der Waals surface area (Å²) < 4.78 is -2.62. The third-order valence-electron chi connectivity index (χ3n) is 1.04. The van der Waals surface area contributed by atoms with Gasteiger partial charge in [-0.3, -0.25) is 0 Å². The van der Waals surface area contributed by atoms with Gasteiger partial charge in [-0.05, 0) is 12.8 Å². The molecule has 12 heavy (non-hydrogen) atoms. The lowest BCUT2D eigenvalue weighted by molar-refractivity contribution is -0.137. The summed E-state index contributed by atoms with van der Waals surface area (Å²) in [4.78, 5) is 10.5. The largest absolute Gasteiger partial charge is 0.480 e. The van der Waals surface area contributed by atoms with E-state index < -0.39 is 13.0 Å². The lowest BCUT2D eigenvalue weighted by Crippen LogP contribution is -2.25. The van der Waals surface area contributed by atoms with Gasteiger partial charge in [0.2, 0.25) is 0 Å². The third kappa shape index (κ3) is 5.86. The highest BCUT2D eigenvalue weighted by Gasteiger charge is 2.35. The van der Waals surface area contributed by atoms with Gasteiger partial charge in [-0.2, -0.15) is 0 Å². The van der Waals surface area contributed by atoms with E-state index in [0.717, 1.165) is 0 Å². The van der Waals surface area contributed by atoms with Crippen LogP contribution in [-0.2, 0) is 4.79 Å². The maximum atomic E-state index is 10.5. The Hall–Kier alpha value is 1.30. The number of carbonyl (C=O) groups is 1. The number of hydrogen-bond acceptors (Lipinski definition) is 1. The summed E-state index contributed by atoms with van der Waals surface area (Å²) in [7, 11) is 0. The van der Waals surface area contributed by atoms with Crippen molar-refractivity contribution in [3.8, 4) is 0 Å². The Kier molecular flexibility index (Phi) is 5.20. The maximum Gasteiger partial charge on any atom is 0.331 e. The van der Waals surface area contributed by atoms with E-state index in [1.807, 2.05) is 0 Å². The fourth-order valence-electron chi connectivity index (χ4n) is 0.406. The fraction of sp³-hybridized carbons (Fsp3) is 0.800. The Balaban J connectivity index is 4.01. The zero-order valence-corrected chi connectivity index (χ0v) is 11.1. The van der Waals surface area contributed by atoms with Crippen LogP contribution in [0.25, 0.3) is 0 Å². The first-order valence-electron chi connectivity index (χ1n) is 2.83. The first-order valence-corrected chi connectivity index (χ1v) is 5.55. The zero-order valence-electron chi connectivity index (χ0n) is 5.66. The molecule has 1 N–H and O–H groups in total.